The number of fused-ring (bicyclic) bond motifs is 1. The molecule has 2 aromatic heterocycles. The van der Waals surface area contributed by atoms with Gasteiger partial charge in [0.15, 0.2) is 5.65 Å². The van der Waals surface area contributed by atoms with Crippen LogP contribution in [0.1, 0.15) is 24.8 Å². The maximum Gasteiger partial charge on any atom is 0.168 e. The highest BCUT2D eigenvalue weighted by atomic mass is 35.5. The molecule has 1 aliphatic heterocycles. The molecule has 1 aliphatic rings. The van der Waals surface area contributed by atoms with Crippen molar-refractivity contribution < 1.29 is 0 Å². The molecule has 3 heterocycles. The standard InChI is InChI=1S/C17H18ClN5/c1-12-5-6-13(9-15(12)18)23-17-14(10-21-23)16(19-11-20-17)22-7-3-2-4-8-22/h5-6,9-11H,2-4,7-8H2,1H3. The molecule has 0 radical (unpaired) electrons. The highest BCUT2D eigenvalue weighted by Crippen LogP contribution is 2.27. The van der Waals surface area contributed by atoms with E-state index in [2.05, 4.69) is 20.0 Å². The molecule has 0 spiro atoms. The molecule has 0 amide bonds. The maximum absolute atomic E-state index is 6.25. The number of halogens is 1. The minimum atomic E-state index is 0.733. The molecule has 0 atom stereocenters. The molecule has 4 rings (SSSR count). The third-order valence-corrected chi connectivity index (χ3v) is 4.81. The molecule has 1 fully saturated rings. The number of benzene rings is 1. The number of nitrogens with zero attached hydrogens (tertiary/aromatic N) is 5. The molecule has 5 nitrogen and oxygen atoms in total. The van der Waals surface area contributed by atoms with Gasteiger partial charge in [-0.3, -0.25) is 0 Å². The van der Waals surface area contributed by atoms with Crippen molar-refractivity contribution >= 4 is 28.5 Å². The first kappa shape index (κ1) is 14.5. The Morgan fingerprint density at radius 2 is 1.91 bits per heavy atom. The number of piperidine rings is 1. The van der Waals surface area contributed by atoms with Crippen LogP contribution in [0.25, 0.3) is 16.7 Å². The van der Waals surface area contributed by atoms with Gasteiger partial charge in [0.05, 0.1) is 17.3 Å². The molecule has 0 unspecified atom stereocenters. The van der Waals surface area contributed by atoms with Gasteiger partial charge in [-0.15, -0.1) is 0 Å². The van der Waals surface area contributed by atoms with Crippen molar-refractivity contribution in [3.05, 3.63) is 41.3 Å². The number of aryl methyl sites for hydroxylation is 1. The predicted molar refractivity (Wildman–Crippen MR) is 92.5 cm³/mol. The zero-order chi connectivity index (χ0) is 15.8. The zero-order valence-electron chi connectivity index (χ0n) is 13.0. The van der Waals surface area contributed by atoms with Gasteiger partial charge in [-0.1, -0.05) is 17.7 Å². The Balaban J connectivity index is 1.82. The van der Waals surface area contributed by atoms with Gasteiger partial charge in [0, 0.05) is 18.1 Å². The van der Waals surface area contributed by atoms with Crippen molar-refractivity contribution in [2.24, 2.45) is 0 Å². The largest absolute Gasteiger partial charge is 0.356 e. The number of aromatic nitrogens is 4. The summed E-state index contributed by atoms with van der Waals surface area (Å²) in [6, 6.07) is 5.93. The van der Waals surface area contributed by atoms with Crippen LogP contribution in [0.5, 0.6) is 0 Å². The van der Waals surface area contributed by atoms with Crippen molar-refractivity contribution in [2.45, 2.75) is 26.2 Å². The molecule has 3 aromatic rings. The fraction of sp³-hybridized carbons (Fsp3) is 0.353. The van der Waals surface area contributed by atoms with Gasteiger partial charge in [-0.05, 0) is 43.9 Å². The van der Waals surface area contributed by atoms with E-state index >= 15 is 0 Å². The van der Waals surface area contributed by atoms with Crippen LogP contribution in [0.4, 0.5) is 5.82 Å². The lowest BCUT2D eigenvalue weighted by Gasteiger charge is -2.27. The fourth-order valence-electron chi connectivity index (χ4n) is 3.09. The quantitative estimate of drug-likeness (QED) is 0.719. The molecule has 6 heteroatoms. The highest BCUT2D eigenvalue weighted by Gasteiger charge is 2.18. The van der Waals surface area contributed by atoms with Crippen molar-refractivity contribution in [1.29, 1.82) is 0 Å². The second kappa shape index (κ2) is 5.81. The molecule has 0 bridgehead atoms. The maximum atomic E-state index is 6.25. The van der Waals surface area contributed by atoms with Crippen LogP contribution < -0.4 is 4.90 Å². The summed E-state index contributed by atoms with van der Waals surface area (Å²) in [5, 5.41) is 6.25. The summed E-state index contributed by atoms with van der Waals surface area (Å²) in [4.78, 5) is 11.3. The van der Waals surface area contributed by atoms with Crippen LogP contribution in [0.3, 0.4) is 0 Å². The molecule has 0 aliphatic carbocycles. The predicted octanol–water partition coefficient (Wildman–Crippen LogP) is 3.77. The van der Waals surface area contributed by atoms with E-state index in [-0.39, 0.29) is 0 Å². The summed E-state index contributed by atoms with van der Waals surface area (Å²) in [5.41, 5.74) is 2.79. The molecular formula is C17H18ClN5. The lowest BCUT2D eigenvalue weighted by molar-refractivity contribution is 0.574. The van der Waals surface area contributed by atoms with Crippen molar-refractivity contribution in [3.63, 3.8) is 0 Å². The van der Waals surface area contributed by atoms with E-state index < -0.39 is 0 Å². The van der Waals surface area contributed by atoms with Gasteiger partial charge < -0.3 is 4.90 Å². The molecule has 1 aromatic carbocycles. The average Bonchev–Trinajstić information content (AvgIpc) is 3.02. The Bertz CT molecular complexity index is 851. The summed E-state index contributed by atoms with van der Waals surface area (Å²) in [7, 11) is 0. The fourth-order valence-corrected chi connectivity index (χ4v) is 3.27. The summed E-state index contributed by atoms with van der Waals surface area (Å²) in [5.74, 6) is 0.985. The second-order valence-corrected chi connectivity index (χ2v) is 6.38. The van der Waals surface area contributed by atoms with E-state index in [9.17, 15) is 0 Å². The average molecular weight is 328 g/mol. The van der Waals surface area contributed by atoms with E-state index in [1.54, 1.807) is 6.33 Å². The first-order valence-corrected chi connectivity index (χ1v) is 8.32. The van der Waals surface area contributed by atoms with Crippen molar-refractivity contribution in [1.82, 2.24) is 19.7 Å². The Morgan fingerprint density at radius 3 is 2.70 bits per heavy atom. The van der Waals surface area contributed by atoms with Crippen LogP contribution in [0.2, 0.25) is 5.02 Å². The van der Waals surface area contributed by atoms with Crippen molar-refractivity contribution in [3.8, 4) is 5.69 Å². The van der Waals surface area contributed by atoms with Crippen LogP contribution >= 0.6 is 11.6 Å². The summed E-state index contributed by atoms with van der Waals surface area (Å²) < 4.78 is 1.83. The Hall–Kier alpha value is -2.14. The van der Waals surface area contributed by atoms with Gasteiger partial charge >= 0.3 is 0 Å². The van der Waals surface area contributed by atoms with Gasteiger partial charge in [0.1, 0.15) is 12.1 Å². The third-order valence-electron chi connectivity index (χ3n) is 4.40. The lowest BCUT2D eigenvalue weighted by atomic mass is 10.1. The number of hydrogen-bond donors (Lipinski definition) is 0. The molecule has 1 saturated heterocycles. The van der Waals surface area contributed by atoms with Crippen LogP contribution in [0, 0.1) is 6.92 Å². The lowest BCUT2D eigenvalue weighted by Crippen LogP contribution is -2.30. The number of hydrogen-bond acceptors (Lipinski definition) is 4. The minimum absolute atomic E-state index is 0.733. The molecule has 0 saturated carbocycles. The molecule has 118 valence electrons. The van der Waals surface area contributed by atoms with Gasteiger partial charge in [-0.25, -0.2) is 14.6 Å². The first-order chi connectivity index (χ1) is 11.2. The zero-order valence-corrected chi connectivity index (χ0v) is 13.8. The van der Waals surface area contributed by atoms with E-state index in [0.29, 0.717) is 0 Å². The van der Waals surface area contributed by atoms with E-state index in [4.69, 9.17) is 11.6 Å². The second-order valence-electron chi connectivity index (χ2n) is 5.97. The van der Waals surface area contributed by atoms with E-state index in [1.807, 2.05) is 36.0 Å². The molecular weight excluding hydrogens is 310 g/mol. The van der Waals surface area contributed by atoms with Gasteiger partial charge in [0.25, 0.3) is 0 Å². The van der Waals surface area contributed by atoms with Crippen LogP contribution in [0.15, 0.2) is 30.7 Å². The molecule has 0 N–H and O–H groups in total. The Labute approximate surface area is 139 Å². The summed E-state index contributed by atoms with van der Waals surface area (Å²) in [6.07, 6.45) is 7.21. The van der Waals surface area contributed by atoms with E-state index in [0.717, 1.165) is 46.2 Å². The number of anilines is 1. The third kappa shape index (κ3) is 2.55. The van der Waals surface area contributed by atoms with Crippen molar-refractivity contribution in [2.75, 3.05) is 18.0 Å². The minimum Gasteiger partial charge on any atom is -0.356 e. The SMILES string of the molecule is Cc1ccc(-n2ncc3c(N4CCCCC4)ncnc32)cc1Cl. The van der Waals surface area contributed by atoms with Gasteiger partial charge in [0.2, 0.25) is 0 Å². The van der Waals surface area contributed by atoms with E-state index in [1.165, 1.54) is 19.3 Å². The summed E-state index contributed by atoms with van der Waals surface area (Å²) in [6.45, 7) is 4.09. The van der Waals surface area contributed by atoms with Crippen LogP contribution in [-0.4, -0.2) is 32.8 Å². The Morgan fingerprint density at radius 1 is 1.09 bits per heavy atom. The van der Waals surface area contributed by atoms with Gasteiger partial charge in [-0.2, -0.15) is 5.10 Å². The first-order valence-electron chi connectivity index (χ1n) is 7.94. The number of rotatable bonds is 2. The molecule has 23 heavy (non-hydrogen) atoms. The topological polar surface area (TPSA) is 46.8 Å². The normalized spacial score (nSPS) is 15.3. The monoisotopic (exact) mass is 327 g/mol. The summed E-state index contributed by atoms with van der Waals surface area (Å²) >= 11 is 6.25. The smallest absolute Gasteiger partial charge is 0.168 e. The highest BCUT2D eigenvalue weighted by molar-refractivity contribution is 6.31. The Kier molecular flexibility index (Phi) is 3.65. The van der Waals surface area contributed by atoms with Crippen LogP contribution in [-0.2, 0) is 0 Å².